The molecule has 1 spiro atoms. The fourth-order valence-electron chi connectivity index (χ4n) is 9.91. The van der Waals surface area contributed by atoms with Crippen LogP contribution in [0.4, 0.5) is 0 Å². The molecule has 4 heteroatoms. The lowest BCUT2D eigenvalue weighted by Crippen LogP contribution is -2.65. The maximum Gasteiger partial charge on any atom is 0.306 e. The first-order valence-corrected chi connectivity index (χ1v) is 11.4. The van der Waals surface area contributed by atoms with Crippen molar-refractivity contribution in [1.82, 2.24) is 0 Å². The topological polar surface area (TPSA) is 66.8 Å². The van der Waals surface area contributed by atoms with Crippen molar-refractivity contribution in [3.63, 3.8) is 0 Å². The summed E-state index contributed by atoms with van der Waals surface area (Å²) in [5.41, 5.74) is -3.05. The minimum absolute atomic E-state index is 0.105. The number of fused-ring (bicyclic) bond motifs is 12. The Balaban J connectivity index is 1.34. The van der Waals surface area contributed by atoms with Gasteiger partial charge in [-0.2, -0.15) is 0 Å². The third-order valence-electron chi connectivity index (χ3n) is 11.2. The van der Waals surface area contributed by atoms with Crippen LogP contribution in [0.3, 0.4) is 0 Å². The summed E-state index contributed by atoms with van der Waals surface area (Å²) >= 11 is 0. The molecule has 0 aromatic carbocycles. The SMILES string of the molecule is [2H]C1([2H])C(=O)OC2([C@H]3C[C@H]3[C@H]3[C@@H]4[C@@H]5C[C@@H]5[C@]5(O)C[C@@H](O)CC[C@]5(C)[C@H]4CC[C@@]32C)C1([2H])[2H]. The molecule has 6 aliphatic carbocycles. The predicted octanol–water partition coefficient (Wildman–Crippen LogP) is 3.29. The molecule has 1 aliphatic heterocycles. The molecule has 0 radical (unpaired) electrons. The van der Waals surface area contributed by atoms with E-state index in [1.165, 1.54) is 0 Å². The Kier molecular flexibility index (Phi) is 2.27. The number of carbonyl (C=O) groups is 1. The van der Waals surface area contributed by atoms with E-state index in [4.69, 9.17) is 10.2 Å². The van der Waals surface area contributed by atoms with Gasteiger partial charge in [0.25, 0.3) is 0 Å². The Hall–Kier alpha value is -0.610. The van der Waals surface area contributed by atoms with Crippen molar-refractivity contribution in [2.75, 3.05) is 0 Å². The fourth-order valence-corrected chi connectivity index (χ4v) is 9.91. The Morgan fingerprint density at radius 3 is 2.57 bits per heavy atom. The van der Waals surface area contributed by atoms with Gasteiger partial charge in [0, 0.05) is 29.6 Å². The fraction of sp³-hybridized carbons (Fsp3) is 0.958. The Morgan fingerprint density at radius 1 is 1.07 bits per heavy atom. The molecule has 7 fully saturated rings. The van der Waals surface area contributed by atoms with Gasteiger partial charge in [0.1, 0.15) is 5.60 Å². The number of aliphatic hydroxyl groups is 2. The van der Waals surface area contributed by atoms with Crippen LogP contribution in [-0.4, -0.2) is 33.5 Å². The molecule has 1 saturated heterocycles. The van der Waals surface area contributed by atoms with Crippen molar-refractivity contribution >= 4 is 5.97 Å². The second kappa shape index (κ2) is 4.66. The van der Waals surface area contributed by atoms with Crippen LogP contribution < -0.4 is 0 Å². The molecule has 4 nitrogen and oxygen atoms in total. The van der Waals surface area contributed by atoms with Crippen LogP contribution in [-0.2, 0) is 9.53 Å². The second-order valence-electron chi connectivity index (χ2n) is 11.8. The molecule has 1 unspecified atom stereocenters. The molecule has 0 amide bonds. The van der Waals surface area contributed by atoms with Crippen LogP contribution in [0.25, 0.3) is 0 Å². The summed E-state index contributed by atoms with van der Waals surface area (Å²) in [5, 5.41) is 22.3. The van der Waals surface area contributed by atoms with Crippen LogP contribution in [0.1, 0.15) is 77.0 Å². The lowest BCUT2D eigenvalue weighted by atomic mass is 9.42. The van der Waals surface area contributed by atoms with Gasteiger partial charge in [-0.05, 0) is 85.8 Å². The van der Waals surface area contributed by atoms with Gasteiger partial charge in [0.2, 0.25) is 0 Å². The molecule has 2 N–H and O–H groups in total. The smallest absolute Gasteiger partial charge is 0.306 e. The minimum atomic E-state index is -2.63. The van der Waals surface area contributed by atoms with Crippen molar-refractivity contribution in [2.24, 2.45) is 52.3 Å². The van der Waals surface area contributed by atoms with E-state index in [9.17, 15) is 15.0 Å². The first-order chi connectivity index (χ1) is 14.8. The van der Waals surface area contributed by atoms with Crippen LogP contribution in [0.2, 0.25) is 0 Å². The Bertz CT molecular complexity index is 941. The van der Waals surface area contributed by atoms with Crippen LogP contribution >= 0.6 is 0 Å². The first kappa shape index (κ1) is 13.6. The third-order valence-corrected chi connectivity index (χ3v) is 11.2. The maximum atomic E-state index is 12.6. The first-order valence-electron chi connectivity index (χ1n) is 13.4. The van der Waals surface area contributed by atoms with Gasteiger partial charge in [0.05, 0.1) is 11.7 Å². The highest BCUT2D eigenvalue weighted by molar-refractivity contribution is 5.73. The van der Waals surface area contributed by atoms with Gasteiger partial charge in [-0.25, -0.2) is 0 Å². The van der Waals surface area contributed by atoms with Gasteiger partial charge in [-0.1, -0.05) is 13.8 Å². The molecule has 154 valence electrons. The average molecular weight is 391 g/mol. The largest absolute Gasteiger partial charge is 0.458 e. The number of ether oxygens (including phenoxy) is 1. The number of hydrogen-bond donors (Lipinski definition) is 2. The summed E-state index contributed by atoms with van der Waals surface area (Å²) in [4.78, 5) is 12.6. The van der Waals surface area contributed by atoms with E-state index in [-0.39, 0.29) is 29.1 Å². The molecular formula is C24H34O4. The van der Waals surface area contributed by atoms with E-state index in [1.54, 1.807) is 0 Å². The van der Waals surface area contributed by atoms with Crippen LogP contribution in [0.15, 0.2) is 0 Å². The van der Waals surface area contributed by atoms with E-state index in [0.29, 0.717) is 30.6 Å². The standard InChI is InChI=1S/C24H34O4/c1-21-6-3-12(25)11-23(21,27)16-9-13(16)19-15(21)4-7-22(2)20(19)14-10-17(14)24(22)8-5-18(26)28-24/h12-17,19-20,25,27H,3-11H2,1-2H3/t12-,13+,14+,15-,16-,17-,19+,20-,21+,22-,23+,24?/m0/s1/i5D2,8D2. The van der Waals surface area contributed by atoms with Gasteiger partial charge in [0.15, 0.2) is 0 Å². The monoisotopic (exact) mass is 390 g/mol. The summed E-state index contributed by atoms with van der Waals surface area (Å²) in [5.74, 6) is 0.575. The number of aliphatic hydroxyl groups excluding tert-OH is 1. The van der Waals surface area contributed by atoms with E-state index >= 15 is 0 Å². The zero-order valence-electron chi connectivity index (χ0n) is 20.8. The Morgan fingerprint density at radius 2 is 1.82 bits per heavy atom. The number of rotatable bonds is 0. The van der Waals surface area contributed by atoms with Crippen molar-refractivity contribution in [3.05, 3.63) is 0 Å². The molecule has 28 heavy (non-hydrogen) atoms. The molecule has 1 heterocycles. The highest BCUT2D eigenvalue weighted by Gasteiger charge is 2.82. The third kappa shape index (κ3) is 1.59. The molecule has 0 aromatic rings. The predicted molar refractivity (Wildman–Crippen MR) is 102 cm³/mol. The average Bonchev–Trinajstić information content (AvgIpc) is 3.60. The summed E-state index contributed by atoms with van der Waals surface area (Å²) in [7, 11) is 0. The highest BCUT2D eigenvalue weighted by Crippen LogP contribution is 2.83. The zero-order valence-corrected chi connectivity index (χ0v) is 16.8. The number of hydrogen-bond acceptors (Lipinski definition) is 4. The molecule has 12 atom stereocenters. The molecular weight excluding hydrogens is 352 g/mol. The van der Waals surface area contributed by atoms with Gasteiger partial charge >= 0.3 is 5.97 Å². The quantitative estimate of drug-likeness (QED) is 0.623. The van der Waals surface area contributed by atoms with Gasteiger partial charge in [-0.15, -0.1) is 0 Å². The lowest BCUT2D eigenvalue weighted by Gasteiger charge is -2.64. The highest BCUT2D eigenvalue weighted by atomic mass is 16.6. The van der Waals surface area contributed by atoms with Crippen LogP contribution in [0, 0.1) is 52.3 Å². The number of carbonyl (C=O) groups excluding carboxylic acids is 1. The maximum absolute atomic E-state index is 12.6. The van der Waals surface area contributed by atoms with Crippen molar-refractivity contribution < 1.29 is 25.2 Å². The Labute approximate surface area is 173 Å². The molecule has 6 saturated carbocycles. The van der Waals surface area contributed by atoms with E-state index in [1.807, 2.05) is 0 Å². The second-order valence-corrected chi connectivity index (χ2v) is 11.8. The van der Waals surface area contributed by atoms with E-state index in [2.05, 4.69) is 13.8 Å². The van der Waals surface area contributed by atoms with E-state index in [0.717, 1.165) is 32.1 Å². The minimum Gasteiger partial charge on any atom is -0.458 e. The van der Waals surface area contributed by atoms with E-state index < -0.39 is 41.4 Å². The summed E-state index contributed by atoms with van der Waals surface area (Å²) in [6.45, 7) is 4.31. The normalized spacial score (nSPS) is 74.1. The molecule has 7 rings (SSSR count). The van der Waals surface area contributed by atoms with Crippen LogP contribution in [0.5, 0.6) is 0 Å². The lowest BCUT2D eigenvalue weighted by molar-refractivity contribution is -0.237. The summed E-state index contributed by atoms with van der Waals surface area (Å²) in [6.07, 6.45) is -0.115. The molecule has 0 bridgehead atoms. The zero-order chi connectivity index (χ0) is 22.9. The van der Waals surface area contributed by atoms with Crippen molar-refractivity contribution in [1.29, 1.82) is 0 Å². The van der Waals surface area contributed by atoms with Crippen molar-refractivity contribution in [3.8, 4) is 0 Å². The van der Waals surface area contributed by atoms with Crippen molar-refractivity contribution in [2.45, 2.75) is 88.8 Å². The van der Waals surface area contributed by atoms with Gasteiger partial charge < -0.3 is 14.9 Å². The molecule has 7 aliphatic rings. The molecule has 0 aromatic heterocycles. The van der Waals surface area contributed by atoms with Gasteiger partial charge in [-0.3, -0.25) is 4.79 Å². The summed E-state index contributed by atoms with van der Waals surface area (Å²) in [6, 6.07) is 0. The number of esters is 1. The summed E-state index contributed by atoms with van der Waals surface area (Å²) < 4.78 is 40.2.